The van der Waals surface area contributed by atoms with E-state index in [-0.39, 0.29) is 12.1 Å². The molecule has 3 aromatic carbocycles. The van der Waals surface area contributed by atoms with Gasteiger partial charge in [-0.2, -0.15) is 0 Å². The van der Waals surface area contributed by atoms with E-state index in [1.54, 1.807) is 0 Å². The van der Waals surface area contributed by atoms with Crippen molar-refractivity contribution in [2.75, 3.05) is 5.43 Å². The molecule has 128 valence electrons. The third kappa shape index (κ3) is 3.91. The van der Waals surface area contributed by atoms with E-state index in [4.69, 9.17) is 0 Å². The van der Waals surface area contributed by atoms with Gasteiger partial charge in [-0.1, -0.05) is 42.5 Å². The zero-order valence-corrected chi connectivity index (χ0v) is 13.2. The van der Waals surface area contributed by atoms with Crippen molar-refractivity contribution in [1.82, 2.24) is 5.43 Å². The molecule has 0 spiro atoms. The highest BCUT2D eigenvalue weighted by molar-refractivity contribution is 5.83. The molecule has 0 saturated heterocycles. The lowest BCUT2D eigenvalue weighted by Crippen LogP contribution is -2.30. The zero-order valence-electron chi connectivity index (χ0n) is 13.2. The molecule has 1 amide bonds. The molecule has 0 unspecified atom stereocenters. The lowest BCUT2D eigenvalue weighted by atomic mass is 10.0. The van der Waals surface area contributed by atoms with Gasteiger partial charge in [-0.15, -0.1) is 0 Å². The van der Waals surface area contributed by atoms with Crippen molar-refractivity contribution in [3.8, 4) is 0 Å². The van der Waals surface area contributed by atoms with Crippen molar-refractivity contribution < 1.29 is 18.0 Å². The number of fused-ring (bicyclic) bond motifs is 1. The van der Waals surface area contributed by atoms with Crippen LogP contribution in [0.5, 0.6) is 0 Å². The van der Waals surface area contributed by atoms with Gasteiger partial charge < -0.3 is 0 Å². The monoisotopic (exact) mass is 344 g/mol. The second-order valence-corrected chi connectivity index (χ2v) is 5.58. The number of hydrogen-bond donors (Lipinski definition) is 2. The molecule has 0 fully saturated rings. The van der Waals surface area contributed by atoms with Gasteiger partial charge in [-0.05, 0) is 34.9 Å². The molecule has 0 radical (unpaired) electrons. The highest BCUT2D eigenvalue weighted by Crippen LogP contribution is 2.19. The van der Waals surface area contributed by atoms with Crippen molar-refractivity contribution in [1.29, 1.82) is 0 Å². The summed E-state index contributed by atoms with van der Waals surface area (Å²) in [4.78, 5) is 11.9. The zero-order chi connectivity index (χ0) is 17.8. The molecular weight excluding hydrogens is 329 g/mol. The number of amides is 1. The molecule has 3 nitrogen and oxygen atoms in total. The second kappa shape index (κ2) is 7.25. The average molecular weight is 344 g/mol. The Morgan fingerprint density at radius 3 is 2.44 bits per heavy atom. The van der Waals surface area contributed by atoms with E-state index in [1.165, 1.54) is 0 Å². The number of rotatable bonds is 5. The Labute approximate surface area is 142 Å². The largest absolute Gasteiger partial charge is 0.296 e. The molecule has 0 aliphatic heterocycles. The van der Waals surface area contributed by atoms with Gasteiger partial charge in [0.15, 0.2) is 17.5 Å². The highest BCUT2D eigenvalue weighted by Gasteiger charge is 2.13. The summed E-state index contributed by atoms with van der Waals surface area (Å²) in [5.41, 5.74) is 5.20. The van der Waals surface area contributed by atoms with Crippen molar-refractivity contribution in [3.05, 3.63) is 77.6 Å². The summed E-state index contributed by atoms with van der Waals surface area (Å²) in [6.07, 6.45) is 0.662. The number of halogens is 3. The molecule has 0 saturated carbocycles. The number of nitrogens with one attached hydrogen (secondary N) is 2. The number of aryl methyl sites for hydroxylation is 1. The maximum atomic E-state index is 13.5. The van der Waals surface area contributed by atoms with Crippen LogP contribution in [0.4, 0.5) is 18.9 Å². The van der Waals surface area contributed by atoms with Crippen molar-refractivity contribution in [3.63, 3.8) is 0 Å². The first kappa shape index (κ1) is 16.8. The third-order valence-electron chi connectivity index (χ3n) is 3.83. The Kier molecular flexibility index (Phi) is 4.88. The highest BCUT2D eigenvalue weighted by atomic mass is 19.2. The fourth-order valence-electron chi connectivity index (χ4n) is 2.47. The Balaban J connectivity index is 1.56. The molecule has 3 rings (SSSR count). The van der Waals surface area contributed by atoms with Gasteiger partial charge in [0.25, 0.3) is 0 Å². The predicted octanol–water partition coefficient (Wildman–Crippen LogP) is 4.33. The number of hydrazine groups is 1. The smallest absolute Gasteiger partial charge is 0.238 e. The van der Waals surface area contributed by atoms with Gasteiger partial charge in [0.1, 0.15) is 0 Å². The number of carbonyl (C=O) groups excluding carboxylic acids is 1. The van der Waals surface area contributed by atoms with E-state index in [0.717, 1.165) is 28.5 Å². The van der Waals surface area contributed by atoms with Crippen LogP contribution in [-0.4, -0.2) is 5.91 Å². The van der Waals surface area contributed by atoms with Gasteiger partial charge in [0, 0.05) is 6.42 Å². The quantitative estimate of drug-likeness (QED) is 0.534. The van der Waals surface area contributed by atoms with Crippen molar-refractivity contribution in [2.24, 2.45) is 0 Å². The van der Waals surface area contributed by atoms with Crippen molar-refractivity contribution in [2.45, 2.75) is 12.8 Å². The topological polar surface area (TPSA) is 41.1 Å². The van der Waals surface area contributed by atoms with E-state index in [1.807, 2.05) is 42.5 Å². The van der Waals surface area contributed by atoms with E-state index in [2.05, 4.69) is 10.9 Å². The van der Waals surface area contributed by atoms with Gasteiger partial charge >= 0.3 is 0 Å². The molecule has 25 heavy (non-hydrogen) atoms. The number of anilines is 1. The van der Waals surface area contributed by atoms with Gasteiger partial charge in [-0.3, -0.25) is 15.6 Å². The van der Waals surface area contributed by atoms with Crippen LogP contribution < -0.4 is 10.9 Å². The molecule has 0 aromatic heterocycles. The standard InChI is InChI=1S/C19H15F3N2O/c20-15-8-9-16(19(22)18(15)21)23-24-17(25)10-6-12-5-7-13-3-1-2-4-14(13)11-12/h1-5,7-9,11,23H,6,10H2,(H,24,25). The Bertz CT molecular complexity index is 928. The van der Waals surface area contributed by atoms with Crippen LogP contribution in [-0.2, 0) is 11.2 Å². The second-order valence-electron chi connectivity index (χ2n) is 5.58. The third-order valence-corrected chi connectivity index (χ3v) is 3.83. The number of benzene rings is 3. The minimum Gasteiger partial charge on any atom is -0.296 e. The molecule has 2 N–H and O–H groups in total. The van der Waals surface area contributed by atoms with Crippen LogP contribution in [0.2, 0.25) is 0 Å². The molecule has 0 aliphatic carbocycles. The van der Waals surface area contributed by atoms with Crippen LogP contribution in [0.1, 0.15) is 12.0 Å². The van der Waals surface area contributed by atoms with Gasteiger partial charge in [0.2, 0.25) is 5.91 Å². The van der Waals surface area contributed by atoms with Crippen LogP contribution in [0.25, 0.3) is 10.8 Å². The Morgan fingerprint density at radius 2 is 1.64 bits per heavy atom. The molecule has 0 aliphatic rings. The SMILES string of the molecule is O=C(CCc1ccc2ccccc2c1)NNc1ccc(F)c(F)c1F. The number of hydrogen-bond acceptors (Lipinski definition) is 2. The molecule has 3 aromatic rings. The molecule has 6 heteroatoms. The molecule has 0 bridgehead atoms. The van der Waals surface area contributed by atoms with Gasteiger partial charge in [0.05, 0.1) is 5.69 Å². The van der Waals surface area contributed by atoms with Crippen LogP contribution in [0, 0.1) is 17.5 Å². The fraction of sp³-hybridized carbons (Fsp3) is 0.105. The van der Waals surface area contributed by atoms with Crippen molar-refractivity contribution >= 4 is 22.4 Å². The maximum absolute atomic E-state index is 13.5. The Hall–Kier alpha value is -3.02. The fourth-order valence-corrected chi connectivity index (χ4v) is 2.47. The van der Waals surface area contributed by atoms with Crippen LogP contribution >= 0.6 is 0 Å². The summed E-state index contributed by atoms with van der Waals surface area (Å²) in [5, 5.41) is 2.20. The number of carbonyl (C=O) groups is 1. The summed E-state index contributed by atoms with van der Waals surface area (Å²) in [6, 6.07) is 15.6. The molecule has 0 heterocycles. The van der Waals surface area contributed by atoms with Crippen LogP contribution in [0.15, 0.2) is 54.6 Å². The minimum absolute atomic E-state index is 0.163. The van der Waals surface area contributed by atoms with E-state index in [9.17, 15) is 18.0 Å². The first-order valence-corrected chi connectivity index (χ1v) is 7.70. The van der Waals surface area contributed by atoms with E-state index in [0.29, 0.717) is 6.42 Å². The summed E-state index contributed by atoms with van der Waals surface area (Å²) in [7, 11) is 0. The van der Waals surface area contributed by atoms with E-state index < -0.39 is 23.4 Å². The van der Waals surface area contributed by atoms with E-state index >= 15 is 0 Å². The summed E-state index contributed by atoms with van der Waals surface area (Å²) < 4.78 is 39.4. The predicted molar refractivity (Wildman–Crippen MR) is 90.4 cm³/mol. The summed E-state index contributed by atoms with van der Waals surface area (Å²) >= 11 is 0. The first-order chi connectivity index (χ1) is 12.0. The normalized spacial score (nSPS) is 10.7. The van der Waals surface area contributed by atoms with Crippen LogP contribution in [0.3, 0.4) is 0 Å². The summed E-state index contributed by atoms with van der Waals surface area (Å²) in [6.45, 7) is 0. The minimum atomic E-state index is -1.59. The maximum Gasteiger partial charge on any atom is 0.238 e. The first-order valence-electron chi connectivity index (χ1n) is 7.70. The van der Waals surface area contributed by atoms with Gasteiger partial charge in [-0.25, -0.2) is 13.2 Å². The molecular formula is C19H15F3N2O. The Morgan fingerprint density at radius 1 is 0.880 bits per heavy atom. The average Bonchev–Trinajstić information content (AvgIpc) is 2.63. The lowest BCUT2D eigenvalue weighted by Gasteiger charge is -2.10. The lowest BCUT2D eigenvalue weighted by molar-refractivity contribution is -0.120. The summed E-state index contributed by atoms with van der Waals surface area (Å²) in [5.74, 6) is -4.65. The molecule has 0 atom stereocenters.